The van der Waals surface area contributed by atoms with Crippen LogP contribution >= 0.6 is 27.5 Å². The maximum atomic E-state index is 12.6. The van der Waals surface area contributed by atoms with Crippen molar-refractivity contribution in [3.63, 3.8) is 0 Å². The van der Waals surface area contributed by atoms with Gasteiger partial charge in [0, 0.05) is 32.4 Å². The number of halogens is 2. The smallest absolute Gasteiger partial charge is 0.185 e. The minimum absolute atomic E-state index is 0.0799. The van der Waals surface area contributed by atoms with E-state index in [4.69, 9.17) is 21.4 Å². The number of ketones is 1. The van der Waals surface area contributed by atoms with Crippen LogP contribution in [-0.4, -0.2) is 22.7 Å². The van der Waals surface area contributed by atoms with Gasteiger partial charge in [-0.1, -0.05) is 33.6 Å². The van der Waals surface area contributed by atoms with E-state index < -0.39 is 0 Å². The highest BCUT2D eigenvalue weighted by Gasteiger charge is 2.12. The van der Waals surface area contributed by atoms with E-state index in [2.05, 4.69) is 15.9 Å². The van der Waals surface area contributed by atoms with Gasteiger partial charge in [-0.2, -0.15) is 5.10 Å². The molecule has 0 radical (unpaired) electrons. The van der Waals surface area contributed by atoms with E-state index in [0.717, 1.165) is 32.7 Å². The summed E-state index contributed by atoms with van der Waals surface area (Å²) in [7, 11) is 1.63. The maximum Gasteiger partial charge on any atom is 0.185 e. The summed E-state index contributed by atoms with van der Waals surface area (Å²) in [5.74, 6) is 0.684. The summed E-state index contributed by atoms with van der Waals surface area (Å²) in [6.45, 7) is 0. The second-order valence-corrected chi connectivity index (χ2v) is 8.14. The molecule has 1 heterocycles. The van der Waals surface area contributed by atoms with E-state index >= 15 is 0 Å². The lowest BCUT2D eigenvalue weighted by molar-refractivity contribution is 0.104. The fourth-order valence-corrected chi connectivity index (χ4v) is 3.56. The molecule has 154 valence electrons. The third-order valence-electron chi connectivity index (χ3n) is 4.72. The van der Waals surface area contributed by atoms with Gasteiger partial charge in [-0.05, 0) is 78.9 Å². The molecular formula is C25H18BrClN2O2. The first-order valence-corrected chi connectivity index (χ1v) is 10.7. The van der Waals surface area contributed by atoms with Gasteiger partial charge in [0.15, 0.2) is 5.78 Å². The van der Waals surface area contributed by atoms with Gasteiger partial charge in [0.2, 0.25) is 0 Å². The topological polar surface area (TPSA) is 44.1 Å². The molecule has 0 bridgehead atoms. The lowest BCUT2D eigenvalue weighted by Gasteiger charge is -2.03. The zero-order chi connectivity index (χ0) is 21.8. The molecule has 0 saturated heterocycles. The van der Waals surface area contributed by atoms with Crippen molar-refractivity contribution >= 4 is 39.4 Å². The molecule has 3 aromatic carbocycles. The lowest BCUT2D eigenvalue weighted by Crippen LogP contribution is -1.94. The normalized spacial score (nSPS) is 11.1. The Kier molecular flexibility index (Phi) is 6.35. The van der Waals surface area contributed by atoms with Crippen LogP contribution in [0, 0.1) is 0 Å². The predicted octanol–water partition coefficient (Wildman–Crippen LogP) is 6.86. The van der Waals surface area contributed by atoms with E-state index in [-0.39, 0.29) is 5.78 Å². The molecule has 0 spiro atoms. The number of hydrogen-bond donors (Lipinski definition) is 0. The number of carbonyl (C=O) groups is 1. The van der Waals surface area contributed by atoms with Crippen LogP contribution in [-0.2, 0) is 0 Å². The molecule has 1 aromatic heterocycles. The summed E-state index contributed by atoms with van der Waals surface area (Å²) in [5, 5.41) is 5.38. The first-order chi connectivity index (χ1) is 15.0. The predicted molar refractivity (Wildman–Crippen MR) is 128 cm³/mol. The quantitative estimate of drug-likeness (QED) is 0.218. The molecule has 0 aliphatic heterocycles. The molecular weight excluding hydrogens is 476 g/mol. The average molecular weight is 494 g/mol. The molecule has 4 nitrogen and oxygen atoms in total. The van der Waals surface area contributed by atoms with Gasteiger partial charge in [0.05, 0.1) is 18.5 Å². The van der Waals surface area contributed by atoms with Gasteiger partial charge in [0.1, 0.15) is 5.75 Å². The molecule has 4 rings (SSSR count). The minimum atomic E-state index is -0.0799. The number of methoxy groups -OCH3 is 1. The van der Waals surface area contributed by atoms with Crippen molar-refractivity contribution in [1.82, 2.24) is 9.78 Å². The van der Waals surface area contributed by atoms with Crippen LogP contribution in [0.25, 0.3) is 23.0 Å². The monoisotopic (exact) mass is 492 g/mol. The number of allylic oxidation sites excluding steroid dienone is 1. The second kappa shape index (κ2) is 9.33. The van der Waals surface area contributed by atoms with Crippen LogP contribution in [0.3, 0.4) is 0 Å². The highest BCUT2D eigenvalue weighted by Crippen LogP contribution is 2.27. The Labute approximate surface area is 193 Å². The Bertz CT molecular complexity index is 1250. The van der Waals surface area contributed by atoms with Crippen molar-refractivity contribution in [3.8, 4) is 22.7 Å². The summed E-state index contributed by atoms with van der Waals surface area (Å²) >= 11 is 9.54. The van der Waals surface area contributed by atoms with Crippen LogP contribution in [0.15, 0.2) is 89.5 Å². The van der Waals surface area contributed by atoms with E-state index in [1.807, 2.05) is 66.9 Å². The molecule has 0 unspecified atom stereocenters. The number of ether oxygens (including phenoxy) is 1. The van der Waals surface area contributed by atoms with Gasteiger partial charge >= 0.3 is 0 Å². The highest BCUT2D eigenvalue weighted by molar-refractivity contribution is 9.10. The van der Waals surface area contributed by atoms with E-state index in [0.29, 0.717) is 10.6 Å². The van der Waals surface area contributed by atoms with Gasteiger partial charge < -0.3 is 4.74 Å². The van der Waals surface area contributed by atoms with Crippen molar-refractivity contribution in [1.29, 1.82) is 0 Å². The molecule has 0 N–H and O–H groups in total. The average Bonchev–Trinajstić information content (AvgIpc) is 3.22. The number of nitrogens with zero attached hydrogens (tertiary/aromatic N) is 2. The summed E-state index contributed by atoms with van der Waals surface area (Å²) in [6.07, 6.45) is 5.24. The Morgan fingerprint density at radius 1 is 1.06 bits per heavy atom. The van der Waals surface area contributed by atoms with Crippen LogP contribution in [0.4, 0.5) is 0 Å². The number of aromatic nitrogens is 2. The van der Waals surface area contributed by atoms with E-state index in [1.165, 1.54) is 0 Å². The van der Waals surface area contributed by atoms with Crippen molar-refractivity contribution in [3.05, 3.63) is 106 Å². The summed E-state index contributed by atoms with van der Waals surface area (Å²) in [4.78, 5) is 12.6. The number of carbonyl (C=O) groups excluding carboxylic acids is 1. The Balaban J connectivity index is 1.73. The third-order valence-corrected chi connectivity index (χ3v) is 5.49. The summed E-state index contributed by atoms with van der Waals surface area (Å²) < 4.78 is 7.94. The SMILES string of the molecule is COc1ccc(-c2nn(-c3cccc(Cl)c3)cc2/C=C/C(=O)c2ccc(Br)cc2)cc1. The molecule has 0 saturated carbocycles. The van der Waals surface area contributed by atoms with Crippen molar-refractivity contribution in [2.75, 3.05) is 7.11 Å². The Morgan fingerprint density at radius 3 is 2.48 bits per heavy atom. The minimum Gasteiger partial charge on any atom is -0.497 e. The molecule has 0 atom stereocenters. The van der Waals surface area contributed by atoms with Crippen LogP contribution in [0.1, 0.15) is 15.9 Å². The number of benzene rings is 3. The zero-order valence-electron chi connectivity index (χ0n) is 16.6. The van der Waals surface area contributed by atoms with E-state index in [9.17, 15) is 4.79 Å². The summed E-state index contributed by atoms with van der Waals surface area (Å²) in [6, 6.07) is 22.4. The zero-order valence-corrected chi connectivity index (χ0v) is 19.0. The van der Waals surface area contributed by atoms with Crippen LogP contribution < -0.4 is 4.74 Å². The van der Waals surface area contributed by atoms with Crippen molar-refractivity contribution < 1.29 is 9.53 Å². The molecule has 31 heavy (non-hydrogen) atoms. The standard InChI is InChI=1S/C25H18BrClN2O2/c1-31-23-12-7-18(8-13-23)25-19(9-14-24(30)17-5-10-20(26)11-6-17)16-29(28-25)22-4-2-3-21(27)15-22/h2-16H,1H3/b14-9+. The molecule has 6 heteroatoms. The first kappa shape index (κ1) is 21.1. The van der Waals surface area contributed by atoms with Gasteiger partial charge in [-0.25, -0.2) is 4.68 Å². The number of rotatable bonds is 6. The van der Waals surface area contributed by atoms with Crippen molar-refractivity contribution in [2.24, 2.45) is 0 Å². The largest absolute Gasteiger partial charge is 0.497 e. The fourth-order valence-electron chi connectivity index (χ4n) is 3.11. The number of hydrogen-bond acceptors (Lipinski definition) is 3. The third kappa shape index (κ3) is 4.95. The lowest BCUT2D eigenvalue weighted by atomic mass is 10.1. The fraction of sp³-hybridized carbons (Fsp3) is 0.0400. The molecule has 0 fully saturated rings. The molecule has 0 aliphatic carbocycles. The van der Waals surface area contributed by atoms with Gasteiger partial charge in [-0.15, -0.1) is 0 Å². The maximum absolute atomic E-state index is 12.6. The van der Waals surface area contributed by atoms with Gasteiger partial charge in [-0.3, -0.25) is 4.79 Å². The van der Waals surface area contributed by atoms with Crippen LogP contribution in [0.5, 0.6) is 5.75 Å². The van der Waals surface area contributed by atoms with Crippen molar-refractivity contribution in [2.45, 2.75) is 0 Å². The molecule has 0 aliphatic rings. The molecule has 4 aromatic rings. The summed E-state index contributed by atoms with van der Waals surface area (Å²) in [5.41, 5.74) is 3.93. The highest BCUT2D eigenvalue weighted by atomic mass is 79.9. The molecule has 0 amide bonds. The first-order valence-electron chi connectivity index (χ1n) is 9.51. The Morgan fingerprint density at radius 2 is 1.81 bits per heavy atom. The van der Waals surface area contributed by atoms with E-state index in [1.54, 1.807) is 36.1 Å². The van der Waals surface area contributed by atoms with Gasteiger partial charge in [0.25, 0.3) is 0 Å². The van der Waals surface area contributed by atoms with Crippen LogP contribution in [0.2, 0.25) is 5.02 Å². The Hall–Kier alpha value is -3.15. The second-order valence-electron chi connectivity index (χ2n) is 6.79.